The first-order valence-electron chi connectivity index (χ1n) is 9.51. The summed E-state index contributed by atoms with van der Waals surface area (Å²) >= 11 is 0. The Kier molecular flexibility index (Phi) is 6.96. The summed E-state index contributed by atoms with van der Waals surface area (Å²) in [6.45, 7) is 5.79. The highest BCUT2D eigenvalue weighted by Gasteiger charge is 2.23. The summed E-state index contributed by atoms with van der Waals surface area (Å²) in [7, 11) is 0. The van der Waals surface area contributed by atoms with Crippen molar-refractivity contribution in [3.8, 4) is 0 Å². The Morgan fingerprint density at radius 3 is 2.63 bits per heavy atom. The van der Waals surface area contributed by atoms with Crippen molar-refractivity contribution in [2.75, 3.05) is 32.8 Å². The second-order valence-corrected chi connectivity index (χ2v) is 7.01. The molecule has 0 aliphatic carbocycles. The number of carbonyl (C=O) groups excluding carboxylic acids is 1. The number of rotatable bonds is 7. The molecule has 1 N–H and O–H groups in total. The van der Waals surface area contributed by atoms with Crippen molar-refractivity contribution in [2.45, 2.75) is 25.8 Å². The smallest absolute Gasteiger partial charge is 0.220 e. The number of carbonyl (C=O) groups is 1. The third-order valence-corrected chi connectivity index (χ3v) is 4.97. The van der Waals surface area contributed by atoms with Gasteiger partial charge in [0, 0.05) is 26.1 Å². The van der Waals surface area contributed by atoms with Crippen LogP contribution in [0.3, 0.4) is 0 Å². The number of amides is 1. The van der Waals surface area contributed by atoms with Crippen molar-refractivity contribution in [2.24, 2.45) is 0 Å². The van der Waals surface area contributed by atoms with Gasteiger partial charge < -0.3 is 10.1 Å². The molecule has 2 aromatic carbocycles. The lowest BCUT2D eigenvalue weighted by atomic mass is 10.0. The number of aryl methyl sites for hydroxylation is 2. The standard InChI is InChI=1S/C22H27FN2O2/c1-17-5-8-19(9-6-17)21(25-11-13-27-14-12-25)16-24-22(26)10-7-18-3-2-4-20(23)15-18/h2-6,8-9,15,21H,7,10-14,16H2,1H3,(H,24,26). The predicted molar refractivity (Wildman–Crippen MR) is 104 cm³/mol. The van der Waals surface area contributed by atoms with Gasteiger partial charge in [-0.25, -0.2) is 4.39 Å². The van der Waals surface area contributed by atoms with E-state index >= 15 is 0 Å². The fraction of sp³-hybridized carbons (Fsp3) is 0.409. The molecule has 27 heavy (non-hydrogen) atoms. The van der Waals surface area contributed by atoms with Crippen LogP contribution in [0.25, 0.3) is 0 Å². The van der Waals surface area contributed by atoms with Gasteiger partial charge in [-0.3, -0.25) is 9.69 Å². The maximum absolute atomic E-state index is 13.3. The number of nitrogens with zero attached hydrogens (tertiary/aromatic N) is 1. The number of morpholine rings is 1. The number of hydrogen-bond donors (Lipinski definition) is 1. The summed E-state index contributed by atoms with van der Waals surface area (Å²) < 4.78 is 18.7. The average Bonchev–Trinajstić information content (AvgIpc) is 2.69. The molecule has 2 aromatic rings. The van der Waals surface area contributed by atoms with Crippen LogP contribution < -0.4 is 5.32 Å². The van der Waals surface area contributed by atoms with Gasteiger partial charge in [0.25, 0.3) is 0 Å². The van der Waals surface area contributed by atoms with Crippen LogP contribution in [0.1, 0.15) is 29.2 Å². The normalized spacial score (nSPS) is 16.1. The van der Waals surface area contributed by atoms with Crippen LogP contribution in [0, 0.1) is 12.7 Å². The Morgan fingerprint density at radius 1 is 1.19 bits per heavy atom. The van der Waals surface area contributed by atoms with Crippen molar-refractivity contribution >= 4 is 5.91 Å². The maximum Gasteiger partial charge on any atom is 0.220 e. The average molecular weight is 370 g/mol. The van der Waals surface area contributed by atoms with Crippen molar-refractivity contribution < 1.29 is 13.9 Å². The second kappa shape index (κ2) is 9.62. The molecule has 1 aliphatic rings. The maximum atomic E-state index is 13.3. The highest BCUT2D eigenvalue weighted by atomic mass is 19.1. The van der Waals surface area contributed by atoms with Gasteiger partial charge >= 0.3 is 0 Å². The van der Waals surface area contributed by atoms with Crippen LogP contribution in [-0.4, -0.2) is 43.7 Å². The Balaban J connectivity index is 1.58. The van der Waals surface area contributed by atoms with Gasteiger partial charge in [-0.05, 0) is 36.6 Å². The van der Waals surface area contributed by atoms with Crippen LogP contribution in [0.2, 0.25) is 0 Å². The molecular weight excluding hydrogens is 343 g/mol. The summed E-state index contributed by atoms with van der Waals surface area (Å²) in [5, 5.41) is 3.06. The summed E-state index contributed by atoms with van der Waals surface area (Å²) in [4.78, 5) is 14.7. The van der Waals surface area contributed by atoms with Crippen LogP contribution in [0.15, 0.2) is 48.5 Å². The van der Waals surface area contributed by atoms with E-state index in [-0.39, 0.29) is 17.8 Å². The molecule has 4 nitrogen and oxygen atoms in total. The van der Waals surface area contributed by atoms with E-state index < -0.39 is 0 Å². The zero-order valence-corrected chi connectivity index (χ0v) is 15.8. The van der Waals surface area contributed by atoms with E-state index in [9.17, 15) is 9.18 Å². The zero-order chi connectivity index (χ0) is 19.1. The molecule has 1 unspecified atom stereocenters. The summed E-state index contributed by atoms with van der Waals surface area (Å²) in [6, 6.07) is 15.0. The molecule has 0 radical (unpaired) electrons. The first kappa shape index (κ1) is 19.5. The summed E-state index contributed by atoms with van der Waals surface area (Å²) in [5.41, 5.74) is 3.26. The fourth-order valence-electron chi connectivity index (χ4n) is 3.38. The number of hydrogen-bond acceptors (Lipinski definition) is 3. The van der Waals surface area contributed by atoms with Crippen LogP contribution in [0.5, 0.6) is 0 Å². The van der Waals surface area contributed by atoms with Crippen molar-refractivity contribution in [3.05, 3.63) is 71.0 Å². The van der Waals surface area contributed by atoms with E-state index in [1.165, 1.54) is 23.3 Å². The molecule has 0 saturated carbocycles. The molecule has 1 amide bonds. The van der Waals surface area contributed by atoms with Gasteiger partial charge in [-0.15, -0.1) is 0 Å². The summed E-state index contributed by atoms with van der Waals surface area (Å²) in [6.07, 6.45) is 0.892. The van der Waals surface area contributed by atoms with Gasteiger partial charge in [0.1, 0.15) is 5.82 Å². The minimum Gasteiger partial charge on any atom is -0.379 e. The molecule has 1 aliphatic heterocycles. The number of ether oxygens (including phenoxy) is 1. The van der Waals surface area contributed by atoms with E-state index in [2.05, 4.69) is 41.4 Å². The lowest BCUT2D eigenvalue weighted by Gasteiger charge is -2.35. The zero-order valence-electron chi connectivity index (χ0n) is 15.8. The predicted octanol–water partition coefficient (Wildman–Crippen LogP) is 3.26. The number of nitrogens with one attached hydrogen (secondary N) is 1. The first-order chi connectivity index (χ1) is 13.1. The SMILES string of the molecule is Cc1ccc(C(CNC(=O)CCc2cccc(F)c2)N2CCOCC2)cc1. The largest absolute Gasteiger partial charge is 0.379 e. The quantitative estimate of drug-likeness (QED) is 0.813. The van der Waals surface area contributed by atoms with E-state index in [0.717, 1.165) is 31.9 Å². The fourth-order valence-corrected chi connectivity index (χ4v) is 3.38. The second-order valence-electron chi connectivity index (χ2n) is 7.01. The van der Waals surface area contributed by atoms with E-state index in [1.807, 2.05) is 6.07 Å². The third kappa shape index (κ3) is 5.88. The van der Waals surface area contributed by atoms with Gasteiger partial charge in [0.05, 0.1) is 19.3 Å². The minimum atomic E-state index is -0.264. The van der Waals surface area contributed by atoms with Gasteiger partial charge in [-0.1, -0.05) is 42.0 Å². The molecule has 0 bridgehead atoms. The molecule has 5 heteroatoms. The van der Waals surface area contributed by atoms with Crippen molar-refractivity contribution in [3.63, 3.8) is 0 Å². The molecule has 1 atom stereocenters. The minimum absolute atomic E-state index is 0.00960. The van der Waals surface area contributed by atoms with E-state index in [4.69, 9.17) is 4.74 Å². The highest BCUT2D eigenvalue weighted by molar-refractivity contribution is 5.76. The highest BCUT2D eigenvalue weighted by Crippen LogP contribution is 2.22. The third-order valence-electron chi connectivity index (χ3n) is 4.97. The Labute approximate surface area is 160 Å². The monoisotopic (exact) mass is 370 g/mol. The number of halogens is 1. The van der Waals surface area contributed by atoms with E-state index in [0.29, 0.717) is 19.4 Å². The van der Waals surface area contributed by atoms with Gasteiger partial charge in [0.15, 0.2) is 0 Å². The van der Waals surface area contributed by atoms with Gasteiger partial charge in [0.2, 0.25) is 5.91 Å². The molecule has 0 aromatic heterocycles. The van der Waals surface area contributed by atoms with Gasteiger partial charge in [-0.2, -0.15) is 0 Å². The lowest BCUT2D eigenvalue weighted by molar-refractivity contribution is -0.121. The van der Waals surface area contributed by atoms with Crippen LogP contribution in [-0.2, 0) is 16.0 Å². The van der Waals surface area contributed by atoms with Crippen LogP contribution >= 0.6 is 0 Å². The Bertz CT molecular complexity index is 742. The molecule has 3 rings (SSSR count). The topological polar surface area (TPSA) is 41.6 Å². The van der Waals surface area contributed by atoms with Crippen LogP contribution in [0.4, 0.5) is 4.39 Å². The van der Waals surface area contributed by atoms with Crippen molar-refractivity contribution in [1.82, 2.24) is 10.2 Å². The molecular formula is C22H27FN2O2. The van der Waals surface area contributed by atoms with E-state index in [1.54, 1.807) is 6.07 Å². The van der Waals surface area contributed by atoms with Crippen molar-refractivity contribution in [1.29, 1.82) is 0 Å². The molecule has 1 heterocycles. The first-order valence-corrected chi connectivity index (χ1v) is 9.51. The number of benzene rings is 2. The molecule has 144 valence electrons. The lowest BCUT2D eigenvalue weighted by Crippen LogP contribution is -2.43. The summed E-state index contributed by atoms with van der Waals surface area (Å²) in [5.74, 6) is -0.274. The molecule has 0 spiro atoms. The molecule has 1 saturated heterocycles. The molecule has 1 fully saturated rings. The Morgan fingerprint density at radius 2 is 1.93 bits per heavy atom. The Hall–Kier alpha value is -2.24.